The van der Waals surface area contributed by atoms with E-state index >= 15 is 0 Å². The van der Waals surface area contributed by atoms with E-state index in [1.807, 2.05) is 0 Å². The molecule has 0 saturated carbocycles. The van der Waals surface area contributed by atoms with Gasteiger partial charge in [-0.1, -0.05) is 27.4 Å². The van der Waals surface area contributed by atoms with Gasteiger partial charge in [0.05, 0.1) is 0 Å². The van der Waals surface area contributed by atoms with E-state index in [4.69, 9.17) is 0 Å². The van der Waals surface area contributed by atoms with Gasteiger partial charge in [-0.25, -0.2) is 0 Å². The molecule has 0 aromatic carbocycles. The molecule has 0 aliphatic carbocycles. The standard InChI is InChI=1S/C9H19N/c1-6-10-8(2)7-9(3,4)5/h10H,2,6-7H2,1,3-5H3. The van der Waals surface area contributed by atoms with E-state index in [0.717, 1.165) is 18.7 Å². The molecule has 10 heavy (non-hydrogen) atoms. The van der Waals surface area contributed by atoms with Crippen LogP contribution in [0.25, 0.3) is 0 Å². The van der Waals surface area contributed by atoms with Crippen molar-refractivity contribution in [1.29, 1.82) is 0 Å². The molecule has 0 aliphatic heterocycles. The van der Waals surface area contributed by atoms with Crippen LogP contribution < -0.4 is 5.32 Å². The Hall–Kier alpha value is -0.460. The Morgan fingerprint density at radius 2 is 1.90 bits per heavy atom. The third-order valence-electron chi connectivity index (χ3n) is 1.17. The predicted molar refractivity (Wildman–Crippen MR) is 46.9 cm³/mol. The van der Waals surface area contributed by atoms with Crippen molar-refractivity contribution in [3.8, 4) is 0 Å². The molecule has 60 valence electrons. The molecule has 0 aromatic heterocycles. The molecule has 0 fully saturated rings. The second-order valence-corrected chi connectivity index (χ2v) is 3.87. The van der Waals surface area contributed by atoms with E-state index in [-0.39, 0.29) is 0 Å². The molecule has 0 atom stereocenters. The van der Waals surface area contributed by atoms with Crippen molar-refractivity contribution in [2.75, 3.05) is 6.54 Å². The highest BCUT2D eigenvalue weighted by Gasteiger charge is 2.10. The van der Waals surface area contributed by atoms with Crippen LogP contribution in [0.2, 0.25) is 0 Å². The first-order chi connectivity index (χ1) is 4.45. The minimum absolute atomic E-state index is 0.360. The minimum atomic E-state index is 0.360. The summed E-state index contributed by atoms with van der Waals surface area (Å²) in [6.07, 6.45) is 1.06. The van der Waals surface area contributed by atoms with Crippen molar-refractivity contribution in [2.24, 2.45) is 5.41 Å². The maximum absolute atomic E-state index is 3.92. The molecule has 0 amide bonds. The van der Waals surface area contributed by atoms with Crippen LogP contribution in [0.15, 0.2) is 12.3 Å². The molecule has 0 bridgehead atoms. The molecule has 1 N–H and O–H groups in total. The number of nitrogens with one attached hydrogen (secondary N) is 1. The lowest BCUT2D eigenvalue weighted by Gasteiger charge is -2.19. The van der Waals surface area contributed by atoms with E-state index in [0.29, 0.717) is 5.41 Å². The van der Waals surface area contributed by atoms with Gasteiger partial charge in [-0.15, -0.1) is 0 Å². The van der Waals surface area contributed by atoms with Crippen molar-refractivity contribution in [3.05, 3.63) is 12.3 Å². The molecular weight excluding hydrogens is 122 g/mol. The zero-order chi connectivity index (χ0) is 8.20. The Kier molecular flexibility index (Phi) is 3.48. The van der Waals surface area contributed by atoms with Gasteiger partial charge in [0.15, 0.2) is 0 Å². The quantitative estimate of drug-likeness (QED) is 0.637. The summed E-state index contributed by atoms with van der Waals surface area (Å²) >= 11 is 0. The number of rotatable bonds is 3. The fourth-order valence-corrected chi connectivity index (χ4v) is 0.953. The van der Waals surface area contributed by atoms with Crippen LogP contribution in [-0.2, 0) is 0 Å². The summed E-state index contributed by atoms with van der Waals surface area (Å²) < 4.78 is 0. The summed E-state index contributed by atoms with van der Waals surface area (Å²) in [5.74, 6) is 0. The Morgan fingerprint density at radius 1 is 1.40 bits per heavy atom. The van der Waals surface area contributed by atoms with Gasteiger partial charge in [-0.05, 0) is 18.8 Å². The fraction of sp³-hybridized carbons (Fsp3) is 0.778. The molecule has 0 aliphatic rings. The van der Waals surface area contributed by atoms with E-state index in [1.165, 1.54) is 0 Å². The molecule has 0 aromatic rings. The molecular formula is C9H19N. The normalized spacial score (nSPS) is 11.2. The van der Waals surface area contributed by atoms with Gasteiger partial charge in [0, 0.05) is 12.2 Å². The maximum atomic E-state index is 3.92. The van der Waals surface area contributed by atoms with Crippen molar-refractivity contribution < 1.29 is 0 Å². The maximum Gasteiger partial charge on any atom is 0.0115 e. The molecule has 0 unspecified atom stereocenters. The summed E-state index contributed by atoms with van der Waals surface area (Å²) in [4.78, 5) is 0. The number of hydrogen-bond donors (Lipinski definition) is 1. The van der Waals surface area contributed by atoms with Crippen LogP contribution in [0.3, 0.4) is 0 Å². The van der Waals surface area contributed by atoms with Crippen molar-refractivity contribution in [3.63, 3.8) is 0 Å². The number of hydrogen-bond acceptors (Lipinski definition) is 1. The highest BCUT2D eigenvalue weighted by Crippen LogP contribution is 2.21. The Labute approximate surface area is 64.5 Å². The second-order valence-electron chi connectivity index (χ2n) is 3.87. The molecule has 0 saturated heterocycles. The van der Waals surface area contributed by atoms with E-state index in [9.17, 15) is 0 Å². The topological polar surface area (TPSA) is 12.0 Å². The predicted octanol–water partition coefficient (Wildman–Crippen LogP) is 2.55. The van der Waals surface area contributed by atoms with Gasteiger partial charge in [-0.3, -0.25) is 0 Å². The van der Waals surface area contributed by atoms with Crippen LogP contribution >= 0.6 is 0 Å². The van der Waals surface area contributed by atoms with Gasteiger partial charge < -0.3 is 5.32 Å². The van der Waals surface area contributed by atoms with E-state index < -0.39 is 0 Å². The summed E-state index contributed by atoms with van der Waals surface area (Å²) in [7, 11) is 0. The Bertz CT molecular complexity index is 108. The third kappa shape index (κ3) is 5.67. The van der Waals surface area contributed by atoms with Crippen molar-refractivity contribution in [2.45, 2.75) is 34.1 Å². The van der Waals surface area contributed by atoms with Gasteiger partial charge in [0.25, 0.3) is 0 Å². The summed E-state index contributed by atoms with van der Waals surface area (Å²) in [5, 5.41) is 3.21. The lowest BCUT2D eigenvalue weighted by molar-refractivity contribution is 0.400. The van der Waals surface area contributed by atoms with Crippen molar-refractivity contribution >= 4 is 0 Å². The average Bonchev–Trinajstić information content (AvgIpc) is 1.59. The van der Waals surface area contributed by atoms with Crippen LogP contribution in [0, 0.1) is 5.41 Å². The first kappa shape index (κ1) is 9.54. The van der Waals surface area contributed by atoms with Crippen LogP contribution in [-0.4, -0.2) is 6.54 Å². The zero-order valence-electron chi connectivity index (χ0n) is 7.62. The van der Waals surface area contributed by atoms with E-state index in [2.05, 4.69) is 39.6 Å². The van der Waals surface area contributed by atoms with Gasteiger partial charge in [-0.2, -0.15) is 0 Å². The summed E-state index contributed by atoms with van der Waals surface area (Å²) in [6.45, 7) is 13.6. The monoisotopic (exact) mass is 141 g/mol. The fourth-order valence-electron chi connectivity index (χ4n) is 0.953. The van der Waals surface area contributed by atoms with E-state index in [1.54, 1.807) is 0 Å². The highest BCUT2D eigenvalue weighted by atomic mass is 14.9. The van der Waals surface area contributed by atoms with Crippen molar-refractivity contribution in [1.82, 2.24) is 5.32 Å². The third-order valence-corrected chi connectivity index (χ3v) is 1.17. The zero-order valence-corrected chi connectivity index (χ0v) is 7.62. The van der Waals surface area contributed by atoms with Gasteiger partial charge in [0.2, 0.25) is 0 Å². The SMILES string of the molecule is C=C(CC(C)(C)C)NCC. The molecule has 0 rings (SSSR count). The average molecular weight is 141 g/mol. The first-order valence-corrected chi connectivity index (χ1v) is 3.87. The first-order valence-electron chi connectivity index (χ1n) is 3.87. The van der Waals surface area contributed by atoms with Crippen LogP contribution in [0.1, 0.15) is 34.1 Å². The van der Waals surface area contributed by atoms with Gasteiger partial charge >= 0.3 is 0 Å². The molecule has 0 heterocycles. The highest BCUT2D eigenvalue weighted by molar-refractivity contribution is 4.94. The molecule has 0 radical (unpaired) electrons. The molecule has 0 spiro atoms. The largest absolute Gasteiger partial charge is 0.389 e. The van der Waals surface area contributed by atoms with Gasteiger partial charge in [0.1, 0.15) is 0 Å². The molecule has 1 heteroatoms. The second kappa shape index (κ2) is 3.65. The van der Waals surface area contributed by atoms with Crippen LogP contribution in [0.4, 0.5) is 0 Å². The Balaban J connectivity index is 3.58. The molecule has 1 nitrogen and oxygen atoms in total. The summed E-state index contributed by atoms with van der Waals surface area (Å²) in [6, 6.07) is 0. The lowest BCUT2D eigenvalue weighted by Crippen LogP contribution is -2.17. The smallest absolute Gasteiger partial charge is 0.0115 e. The minimum Gasteiger partial charge on any atom is -0.389 e. The lowest BCUT2D eigenvalue weighted by atomic mass is 9.91. The van der Waals surface area contributed by atoms with Crippen LogP contribution in [0.5, 0.6) is 0 Å². The Morgan fingerprint density at radius 3 is 2.20 bits per heavy atom. The summed E-state index contributed by atoms with van der Waals surface area (Å²) in [5.41, 5.74) is 1.51. The number of allylic oxidation sites excluding steroid dienone is 1.